The molecule has 1 fully saturated rings. The van der Waals surface area contributed by atoms with Crippen LogP contribution in [-0.2, 0) is 25.4 Å². The highest BCUT2D eigenvalue weighted by atomic mass is 35.5. The molecule has 3 N–H and O–H groups in total. The van der Waals surface area contributed by atoms with Gasteiger partial charge in [-0.25, -0.2) is 4.79 Å². The standard InChI is InChI=1S/C25H22ClN7O4/c1-31-20-21(30-24(31)29-12-6-7-27-19(9-12)14-10-15(14)23(35)36)32(2)25(37)33(22(20)34)11-13-8-16-17(26)4-3-5-18(16)28-13/h3-9,14-15,28H,10-11H2,1-2H3,(H,35,36)(H,27,29,30)/t14-,15+/m0/s1. The summed E-state index contributed by atoms with van der Waals surface area (Å²) in [4.78, 5) is 49.9. The first-order valence-corrected chi connectivity index (χ1v) is 12.0. The van der Waals surface area contributed by atoms with E-state index in [1.165, 1.54) is 4.57 Å². The number of aliphatic carboxylic acids is 1. The van der Waals surface area contributed by atoms with Crippen LogP contribution in [0.2, 0.25) is 5.02 Å². The fourth-order valence-corrected chi connectivity index (χ4v) is 5.01. The van der Waals surface area contributed by atoms with Gasteiger partial charge in [0.2, 0.25) is 5.95 Å². The lowest BCUT2D eigenvalue weighted by atomic mass is 10.2. The number of benzene rings is 1. The number of carbonyl (C=O) groups is 1. The summed E-state index contributed by atoms with van der Waals surface area (Å²) in [5.41, 5.74) is 2.38. The number of halogens is 1. The summed E-state index contributed by atoms with van der Waals surface area (Å²) < 4.78 is 4.11. The van der Waals surface area contributed by atoms with Crippen LogP contribution in [0.5, 0.6) is 0 Å². The first-order valence-electron chi connectivity index (χ1n) is 11.6. The number of carboxylic acid groups (broad SMARTS) is 1. The van der Waals surface area contributed by atoms with Gasteiger partial charge < -0.3 is 20.0 Å². The van der Waals surface area contributed by atoms with Crippen molar-refractivity contribution in [2.45, 2.75) is 18.9 Å². The van der Waals surface area contributed by atoms with E-state index in [0.29, 0.717) is 34.5 Å². The number of nitrogens with zero attached hydrogens (tertiary/aromatic N) is 5. The molecule has 11 nitrogen and oxygen atoms in total. The van der Waals surface area contributed by atoms with E-state index in [-0.39, 0.29) is 23.6 Å². The summed E-state index contributed by atoms with van der Waals surface area (Å²) in [6.45, 7) is 0.0419. The first-order chi connectivity index (χ1) is 17.7. The van der Waals surface area contributed by atoms with Gasteiger partial charge in [0.05, 0.1) is 12.5 Å². The molecule has 6 rings (SSSR count). The Labute approximate surface area is 214 Å². The Kier molecular flexibility index (Phi) is 5.19. The minimum Gasteiger partial charge on any atom is -0.481 e. The molecule has 0 spiro atoms. The summed E-state index contributed by atoms with van der Waals surface area (Å²) in [7, 11) is 3.27. The number of carboxylic acids is 1. The number of anilines is 2. The fourth-order valence-electron chi connectivity index (χ4n) is 4.78. The maximum Gasteiger partial charge on any atom is 0.332 e. The molecule has 188 valence electrons. The van der Waals surface area contributed by atoms with Crippen molar-refractivity contribution in [3.63, 3.8) is 0 Å². The lowest BCUT2D eigenvalue weighted by Gasteiger charge is -2.08. The van der Waals surface area contributed by atoms with E-state index in [9.17, 15) is 19.5 Å². The maximum absolute atomic E-state index is 13.5. The highest BCUT2D eigenvalue weighted by molar-refractivity contribution is 6.35. The zero-order chi connectivity index (χ0) is 26.0. The average Bonchev–Trinajstić information content (AvgIpc) is 3.48. The van der Waals surface area contributed by atoms with Crippen LogP contribution in [0.25, 0.3) is 22.1 Å². The molecule has 5 aromatic rings. The molecule has 4 aromatic heterocycles. The summed E-state index contributed by atoms with van der Waals surface area (Å²) in [6.07, 6.45) is 2.16. The molecule has 12 heteroatoms. The normalized spacial score (nSPS) is 16.9. The van der Waals surface area contributed by atoms with E-state index in [4.69, 9.17) is 11.6 Å². The van der Waals surface area contributed by atoms with Crippen LogP contribution in [0.15, 0.2) is 52.2 Å². The van der Waals surface area contributed by atoms with E-state index in [0.717, 1.165) is 15.5 Å². The number of H-pyrrole nitrogens is 1. The molecule has 1 aliphatic rings. The van der Waals surface area contributed by atoms with Crippen molar-refractivity contribution in [2.24, 2.45) is 20.0 Å². The Morgan fingerprint density at radius 3 is 2.76 bits per heavy atom. The third-order valence-electron chi connectivity index (χ3n) is 6.88. The summed E-state index contributed by atoms with van der Waals surface area (Å²) in [5, 5.41) is 13.8. The van der Waals surface area contributed by atoms with E-state index >= 15 is 0 Å². The van der Waals surface area contributed by atoms with Gasteiger partial charge in [0, 0.05) is 59.2 Å². The molecule has 0 amide bonds. The van der Waals surface area contributed by atoms with Crippen LogP contribution >= 0.6 is 11.6 Å². The van der Waals surface area contributed by atoms with Gasteiger partial charge in [0.1, 0.15) is 0 Å². The predicted octanol–water partition coefficient (Wildman–Crippen LogP) is 2.94. The molecule has 0 bridgehead atoms. The first kappa shape index (κ1) is 23.0. The molecule has 0 saturated heterocycles. The zero-order valence-corrected chi connectivity index (χ0v) is 20.7. The molecular formula is C25H22ClN7O4. The number of aryl methyl sites for hydroxylation is 2. The number of imidazole rings is 1. The van der Waals surface area contributed by atoms with E-state index in [2.05, 4.69) is 20.3 Å². The third-order valence-corrected chi connectivity index (χ3v) is 7.21. The smallest absolute Gasteiger partial charge is 0.332 e. The lowest BCUT2D eigenvalue weighted by molar-refractivity contribution is -0.138. The number of nitrogens with one attached hydrogen (secondary N) is 2. The topological polar surface area (TPSA) is 140 Å². The number of aromatic nitrogens is 6. The van der Waals surface area contributed by atoms with Crippen molar-refractivity contribution in [1.29, 1.82) is 0 Å². The second-order valence-electron chi connectivity index (χ2n) is 9.28. The predicted molar refractivity (Wildman–Crippen MR) is 139 cm³/mol. The molecule has 1 saturated carbocycles. The SMILES string of the molecule is Cn1c(Nc2ccnc([C@H]3C[C@H]3C(=O)O)c2)nc2c1c(=O)n(Cc1cc3c(Cl)cccc3[nH]1)c(=O)n2C. The summed E-state index contributed by atoms with van der Waals surface area (Å²) in [6, 6.07) is 10.8. The van der Waals surface area contributed by atoms with E-state index in [1.807, 2.05) is 18.2 Å². The molecular weight excluding hydrogens is 498 g/mol. The molecule has 1 aliphatic carbocycles. The van der Waals surface area contributed by atoms with Gasteiger partial charge in [-0.3, -0.25) is 23.7 Å². The van der Waals surface area contributed by atoms with Crippen molar-refractivity contribution in [2.75, 3.05) is 5.32 Å². The van der Waals surface area contributed by atoms with Gasteiger partial charge >= 0.3 is 11.7 Å². The second kappa shape index (κ2) is 8.34. The molecule has 1 aromatic carbocycles. The molecule has 37 heavy (non-hydrogen) atoms. The Morgan fingerprint density at radius 1 is 1.22 bits per heavy atom. The quantitative estimate of drug-likeness (QED) is 0.313. The molecule has 0 unspecified atom stereocenters. The number of hydrogen-bond donors (Lipinski definition) is 3. The van der Waals surface area contributed by atoms with E-state index < -0.39 is 23.1 Å². The molecule has 0 aliphatic heterocycles. The van der Waals surface area contributed by atoms with Gasteiger partial charge in [-0.05, 0) is 36.8 Å². The van der Waals surface area contributed by atoms with Gasteiger partial charge in [-0.2, -0.15) is 4.98 Å². The fraction of sp³-hybridized carbons (Fsp3) is 0.240. The van der Waals surface area contributed by atoms with Crippen molar-refractivity contribution >= 4 is 51.3 Å². The summed E-state index contributed by atoms with van der Waals surface area (Å²) in [5.74, 6) is -1.000. The van der Waals surface area contributed by atoms with Crippen molar-refractivity contribution in [1.82, 2.24) is 28.7 Å². The Morgan fingerprint density at radius 2 is 2.03 bits per heavy atom. The minimum atomic E-state index is -0.826. The molecule has 2 atom stereocenters. The van der Waals surface area contributed by atoms with Crippen LogP contribution in [0, 0.1) is 5.92 Å². The summed E-state index contributed by atoms with van der Waals surface area (Å²) >= 11 is 6.28. The Hall–Kier alpha value is -4.38. The molecule has 0 radical (unpaired) electrons. The van der Waals surface area contributed by atoms with Crippen LogP contribution in [0.3, 0.4) is 0 Å². The second-order valence-corrected chi connectivity index (χ2v) is 9.68. The number of hydrogen-bond acceptors (Lipinski definition) is 6. The van der Waals surface area contributed by atoms with Crippen molar-refractivity contribution in [3.8, 4) is 0 Å². The van der Waals surface area contributed by atoms with E-state index in [1.54, 1.807) is 43.1 Å². The lowest BCUT2D eigenvalue weighted by Crippen LogP contribution is -2.39. The number of rotatable bonds is 6. The largest absolute Gasteiger partial charge is 0.481 e. The number of fused-ring (bicyclic) bond motifs is 2. The highest BCUT2D eigenvalue weighted by Crippen LogP contribution is 2.47. The van der Waals surface area contributed by atoms with Crippen molar-refractivity contribution < 1.29 is 9.90 Å². The van der Waals surface area contributed by atoms with Crippen molar-refractivity contribution in [3.05, 3.63) is 79.8 Å². The van der Waals surface area contributed by atoms with Crippen LogP contribution in [-0.4, -0.2) is 39.7 Å². The number of pyridine rings is 1. The highest BCUT2D eigenvalue weighted by Gasteiger charge is 2.45. The van der Waals surface area contributed by atoms with Crippen LogP contribution in [0.4, 0.5) is 11.6 Å². The Balaban J connectivity index is 1.37. The van der Waals surface area contributed by atoms with Gasteiger partial charge in [0.25, 0.3) is 5.56 Å². The zero-order valence-electron chi connectivity index (χ0n) is 19.9. The van der Waals surface area contributed by atoms with Gasteiger partial charge in [-0.15, -0.1) is 0 Å². The Bertz CT molecular complexity index is 1850. The maximum atomic E-state index is 13.5. The van der Waals surface area contributed by atoms with Gasteiger partial charge in [-0.1, -0.05) is 17.7 Å². The molecule has 4 heterocycles. The third kappa shape index (κ3) is 3.78. The van der Waals surface area contributed by atoms with Crippen LogP contribution in [0.1, 0.15) is 23.7 Å². The minimum absolute atomic E-state index is 0.0419. The average molecular weight is 520 g/mol. The van der Waals surface area contributed by atoms with Crippen LogP contribution < -0.4 is 16.6 Å². The number of aromatic amines is 1. The monoisotopic (exact) mass is 519 g/mol. The van der Waals surface area contributed by atoms with Gasteiger partial charge in [0.15, 0.2) is 11.2 Å².